The summed E-state index contributed by atoms with van der Waals surface area (Å²) < 4.78 is 13.6. The van der Waals surface area contributed by atoms with Crippen LogP contribution >= 0.6 is 11.8 Å². The van der Waals surface area contributed by atoms with Gasteiger partial charge in [0.15, 0.2) is 0 Å². The molecule has 1 unspecified atom stereocenters. The Hall–Kier alpha value is -0.540. The quantitative estimate of drug-likeness (QED) is 0.855. The molecule has 1 N–H and O–H groups in total. The number of benzene rings is 1. The molecule has 1 nitrogen and oxygen atoms in total. The van der Waals surface area contributed by atoms with Crippen LogP contribution in [0, 0.1) is 12.7 Å². The monoisotopic (exact) mass is 281 g/mol. The van der Waals surface area contributed by atoms with E-state index in [1.807, 2.05) is 37.9 Å². The van der Waals surface area contributed by atoms with E-state index in [-0.39, 0.29) is 11.9 Å². The van der Waals surface area contributed by atoms with Crippen molar-refractivity contribution in [1.29, 1.82) is 0 Å². The summed E-state index contributed by atoms with van der Waals surface area (Å²) >= 11 is 2.05. The Morgan fingerprint density at radius 1 is 1.32 bits per heavy atom. The van der Waals surface area contributed by atoms with Gasteiger partial charge in [0.2, 0.25) is 0 Å². The van der Waals surface area contributed by atoms with E-state index >= 15 is 0 Å². The Labute approximate surface area is 120 Å². The zero-order valence-electron chi connectivity index (χ0n) is 11.9. The van der Waals surface area contributed by atoms with Gasteiger partial charge < -0.3 is 5.32 Å². The normalized spacial score (nSPS) is 18.5. The average Bonchev–Trinajstić information content (AvgIpc) is 2.44. The van der Waals surface area contributed by atoms with Crippen LogP contribution in [0.15, 0.2) is 18.2 Å². The van der Waals surface area contributed by atoms with Gasteiger partial charge in [-0.1, -0.05) is 31.4 Å². The largest absolute Gasteiger partial charge is 0.312 e. The first-order chi connectivity index (χ1) is 9.20. The molecule has 0 saturated heterocycles. The molecule has 1 aromatic carbocycles. The third-order valence-corrected chi connectivity index (χ3v) is 5.47. The van der Waals surface area contributed by atoms with E-state index in [9.17, 15) is 4.39 Å². The second-order valence-electron chi connectivity index (χ2n) is 5.44. The van der Waals surface area contributed by atoms with E-state index in [2.05, 4.69) is 5.32 Å². The Bertz CT molecular complexity index is 402. The fraction of sp³-hybridized carbons (Fsp3) is 0.625. The SMILES string of the molecule is CNC(CSC1CCCCC1)c1ccc(C)c(F)c1. The first-order valence-corrected chi connectivity index (χ1v) is 8.30. The molecule has 2 rings (SSSR count). The van der Waals surface area contributed by atoms with Gasteiger partial charge >= 0.3 is 0 Å². The van der Waals surface area contributed by atoms with Gasteiger partial charge in [-0.05, 0) is 44.0 Å². The molecule has 1 aliphatic carbocycles. The van der Waals surface area contributed by atoms with E-state index in [0.717, 1.165) is 22.1 Å². The van der Waals surface area contributed by atoms with Gasteiger partial charge in [-0.3, -0.25) is 0 Å². The fourth-order valence-electron chi connectivity index (χ4n) is 2.64. The van der Waals surface area contributed by atoms with Gasteiger partial charge in [-0.15, -0.1) is 0 Å². The fourth-order valence-corrected chi connectivity index (χ4v) is 4.13. The van der Waals surface area contributed by atoms with Crippen LogP contribution in [0.25, 0.3) is 0 Å². The lowest BCUT2D eigenvalue weighted by molar-refractivity contribution is 0.514. The van der Waals surface area contributed by atoms with Gasteiger partial charge in [0.1, 0.15) is 5.82 Å². The van der Waals surface area contributed by atoms with E-state index in [1.54, 1.807) is 6.07 Å². The molecule has 0 spiro atoms. The molecule has 1 fully saturated rings. The highest BCUT2D eigenvalue weighted by Crippen LogP contribution is 2.31. The van der Waals surface area contributed by atoms with Crippen LogP contribution in [-0.2, 0) is 0 Å². The molecular weight excluding hydrogens is 257 g/mol. The summed E-state index contributed by atoms with van der Waals surface area (Å²) in [6.07, 6.45) is 6.85. The van der Waals surface area contributed by atoms with E-state index in [1.165, 1.54) is 32.1 Å². The van der Waals surface area contributed by atoms with Gasteiger partial charge in [0.05, 0.1) is 0 Å². The summed E-state index contributed by atoms with van der Waals surface area (Å²) in [5.41, 5.74) is 1.78. The van der Waals surface area contributed by atoms with Crippen molar-refractivity contribution in [3.8, 4) is 0 Å². The summed E-state index contributed by atoms with van der Waals surface area (Å²) in [7, 11) is 1.96. The molecule has 19 heavy (non-hydrogen) atoms. The Balaban J connectivity index is 1.93. The van der Waals surface area contributed by atoms with Crippen LogP contribution in [0.5, 0.6) is 0 Å². The second-order valence-corrected chi connectivity index (χ2v) is 6.78. The standard InChI is InChI=1S/C16H24FNS/c1-12-8-9-13(10-15(12)17)16(18-2)11-19-14-6-4-3-5-7-14/h8-10,14,16,18H,3-7,11H2,1-2H3. The predicted molar refractivity (Wildman–Crippen MR) is 82.3 cm³/mol. The maximum Gasteiger partial charge on any atom is 0.126 e. The second kappa shape index (κ2) is 7.30. The molecular formula is C16H24FNS. The van der Waals surface area contributed by atoms with Gasteiger partial charge in [0.25, 0.3) is 0 Å². The molecule has 1 saturated carbocycles. The molecule has 0 amide bonds. The lowest BCUT2D eigenvalue weighted by Gasteiger charge is -2.24. The minimum Gasteiger partial charge on any atom is -0.312 e. The number of thioether (sulfide) groups is 1. The highest BCUT2D eigenvalue weighted by molar-refractivity contribution is 7.99. The molecule has 0 aliphatic heterocycles. The number of hydrogen-bond donors (Lipinski definition) is 1. The maximum absolute atomic E-state index is 13.6. The van der Waals surface area contributed by atoms with Crippen molar-refractivity contribution in [3.63, 3.8) is 0 Å². The molecule has 1 atom stereocenters. The topological polar surface area (TPSA) is 12.0 Å². The van der Waals surface area contributed by atoms with Gasteiger partial charge in [0, 0.05) is 17.0 Å². The number of halogens is 1. The number of aryl methyl sites for hydroxylation is 1. The number of hydrogen-bond acceptors (Lipinski definition) is 2. The molecule has 3 heteroatoms. The average molecular weight is 281 g/mol. The molecule has 0 bridgehead atoms. The Morgan fingerprint density at radius 3 is 2.68 bits per heavy atom. The van der Waals surface area contributed by atoms with Gasteiger partial charge in [-0.2, -0.15) is 11.8 Å². The summed E-state index contributed by atoms with van der Waals surface area (Å²) in [4.78, 5) is 0. The van der Waals surface area contributed by atoms with Crippen LogP contribution < -0.4 is 5.32 Å². The van der Waals surface area contributed by atoms with Crippen LogP contribution in [0.1, 0.15) is 49.3 Å². The third kappa shape index (κ3) is 4.22. The molecule has 1 aliphatic rings. The third-order valence-electron chi connectivity index (χ3n) is 4.00. The number of rotatable bonds is 5. The molecule has 0 heterocycles. The Morgan fingerprint density at radius 2 is 2.05 bits per heavy atom. The summed E-state index contributed by atoms with van der Waals surface area (Å²) in [6, 6.07) is 5.85. The minimum absolute atomic E-state index is 0.0968. The first-order valence-electron chi connectivity index (χ1n) is 7.25. The lowest BCUT2D eigenvalue weighted by Crippen LogP contribution is -2.21. The maximum atomic E-state index is 13.6. The van der Waals surface area contributed by atoms with Crippen molar-refractivity contribution >= 4 is 11.8 Å². The smallest absolute Gasteiger partial charge is 0.126 e. The summed E-state index contributed by atoms with van der Waals surface area (Å²) in [5, 5.41) is 4.12. The molecule has 1 aromatic rings. The summed E-state index contributed by atoms with van der Waals surface area (Å²) in [6.45, 7) is 1.81. The van der Waals surface area contributed by atoms with Crippen LogP contribution in [0.3, 0.4) is 0 Å². The van der Waals surface area contributed by atoms with Crippen molar-refractivity contribution in [2.45, 2.75) is 50.3 Å². The first kappa shape index (κ1) is 14.9. The zero-order valence-corrected chi connectivity index (χ0v) is 12.7. The zero-order chi connectivity index (χ0) is 13.7. The highest BCUT2D eigenvalue weighted by atomic mass is 32.2. The predicted octanol–water partition coefficient (Wildman–Crippen LogP) is 4.46. The van der Waals surface area contributed by atoms with Crippen molar-refractivity contribution < 1.29 is 4.39 Å². The number of nitrogens with one attached hydrogen (secondary N) is 1. The van der Waals surface area contributed by atoms with Crippen molar-refractivity contribution in [3.05, 3.63) is 35.1 Å². The molecule has 106 valence electrons. The Kier molecular flexibility index (Phi) is 5.71. The van der Waals surface area contributed by atoms with Crippen molar-refractivity contribution in [2.75, 3.05) is 12.8 Å². The van der Waals surface area contributed by atoms with Crippen LogP contribution in [0.2, 0.25) is 0 Å². The van der Waals surface area contributed by atoms with Gasteiger partial charge in [-0.25, -0.2) is 4.39 Å². The van der Waals surface area contributed by atoms with E-state index < -0.39 is 0 Å². The van der Waals surface area contributed by atoms with Crippen molar-refractivity contribution in [2.24, 2.45) is 0 Å². The minimum atomic E-state index is -0.0968. The van der Waals surface area contributed by atoms with Crippen LogP contribution in [-0.4, -0.2) is 18.1 Å². The van der Waals surface area contributed by atoms with Crippen LogP contribution in [0.4, 0.5) is 4.39 Å². The van der Waals surface area contributed by atoms with E-state index in [0.29, 0.717) is 0 Å². The summed E-state index contributed by atoms with van der Waals surface area (Å²) in [5.74, 6) is 0.935. The lowest BCUT2D eigenvalue weighted by atomic mass is 10.0. The molecule has 0 radical (unpaired) electrons. The highest BCUT2D eigenvalue weighted by Gasteiger charge is 2.17. The van der Waals surface area contributed by atoms with E-state index in [4.69, 9.17) is 0 Å². The molecule has 0 aromatic heterocycles. The van der Waals surface area contributed by atoms with Crippen molar-refractivity contribution in [1.82, 2.24) is 5.32 Å².